The lowest BCUT2D eigenvalue weighted by molar-refractivity contribution is 0.377. The van der Waals surface area contributed by atoms with Crippen molar-refractivity contribution in [1.29, 1.82) is 0 Å². The van der Waals surface area contributed by atoms with Gasteiger partial charge in [0.15, 0.2) is 0 Å². The number of hydrogen-bond donors (Lipinski definition) is 2. The lowest BCUT2D eigenvalue weighted by atomic mass is 10.0. The zero-order valence-corrected chi connectivity index (χ0v) is 9.59. The number of nitrogens with zero attached hydrogens (tertiary/aromatic N) is 1. The fraction of sp³-hybridized carbons (Fsp3) is 0.250. The van der Waals surface area contributed by atoms with Crippen LogP contribution in [0.3, 0.4) is 0 Å². The lowest BCUT2D eigenvalue weighted by Gasteiger charge is -2.16. The molecule has 2 rings (SSSR count). The largest absolute Gasteiger partial charge is 0.481 e. The Kier molecular flexibility index (Phi) is 3.74. The van der Waals surface area contributed by atoms with Gasteiger partial charge in [-0.25, -0.2) is 4.98 Å². The first kappa shape index (κ1) is 11.6. The molecule has 0 saturated heterocycles. The number of hydrogen-bond acceptors (Lipinski definition) is 5. The summed E-state index contributed by atoms with van der Waals surface area (Å²) in [6.45, 7) is 0. The summed E-state index contributed by atoms with van der Waals surface area (Å²) in [6.07, 6.45) is 3.97. The molecule has 2 aromatic rings. The highest BCUT2D eigenvalue weighted by molar-refractivity contribution is 5.29. The van der Waals surface area contributed by atoms with Crippen LogP contribution in [0.1, 0.15) is 17.4 Å². The van der Waals surface area contributed by atoms with Gasteiger partial charge in [0, 0.05) is 18.2 Å². The Balaban J connectivity index is 2.22. The zero-order chi connectivity index (χ0) is 12.1. The van der Waals surface area contributed by atoms with Crippen molar-refractivity contribution in [3.63, 3.8) is 0 Å². The van der Waals surface area contributed by atoms with Gasteiger partial charge in [-0.05, 0) is 18.2 Å². The van der Waals surface area contributed by atoms with E-state index in [2.05, 4.69) is 10.4 Å². The Bertz CT molecular complexity index is 457. The van der Waals surface area contributed by atoms with Crippen LogP contribution in [-0.4, -0.2) is 12.1 Å². The Morgan fingerprint density at radius 1 is 1.47 bits per heavy atom. The second kappa shape index (κ2) is 5.47. The van der Waals surface area contributed by atoms with Gasteiger partial charge in [-0.2, -0.15) is 0 Å². The second-order valence-electron chi connectivity index (χ2n) is 3.60. The van der Waals surface area contributed by atoms with E-state index in [1.807, 2.05) is 24.3 Å². The number of ether oxygens (including phenoxy) is 1. The van der Waals surface area contributed by atoms with Gasteiger partial charge in [-0.15, -0.1) is 0 Å². The zero-order valence-electron chi connectivity index (χ0n) is 9.59. The van der Waals surface area contributed by atoms with Crippen LogP contribution in [-0.2, 0) is 6.42 Å². The third-order valence-corrected chi connectivity index (χ3v) is 2.56. The molecule has 0 bridgehead atoms. The molecule has 0 fully saturated rings. The molecule has 1 atom stereocenters. The normalized spacial score (nSPS) is 12.4. The lowest BCUT2D eigenvalue weighted by Crippen LogP contribution is -2.30. The van der Waals surface area contributed by atoms with Crippen LogP contribution in [0.25, 0.3) is 0 Å². The number of methoxy groups -OCH3 is 1. The summed E-state index contributed by atoms with van der Waals surface area (Å²) in [6, 6.07) is 7.45. The maximum atomic E-state index is 5.57. The van der Waals surface area contributed by atoms with Gasteiger partial charge < -0.3 is 9.15 Å². The van der Waals surface area contributed by atoms with Crippen LogP contribution < -0.4 is 16.0 Å². The molecule has 0 amide bonds. The Hall–Kier alpha value is -1.85. The van der Waals surface area contributed by atoms with Crippen LogP contribution >= 0.6 is 0 Å². The molecule has 0 spiro atoms. The molecule has 5 heteroatoms. The van der Waals surface area contributed by atoms with E-state index in [0.29, 0.717) is 12.3 Å². The molecule has 0 aliphatic carbocycles. The summed E-state index contributed by atoms with van der Waals surface area (Å²) in [5.74, 6) is 7.00. The van der Waals surface area contributed by atoms with E-state index in [4.69, 9.17) is 15.0 Å². The van der Waals surface area contributed by atoms with Crippen molar-refractivity contribution in [2.45, 2.75) is 12.5 Å². The maximum absolute atomic E-state index is 5.57. The van der Waals surface area contributed by atoms with E-state index >= 15 is 0 Å². The molecule has 17 heavy (non-hydrogen) atoms. The molecule has 0 aliphatic heterocycles. The number of aromatic nitrogens is 1. The highest BCUT2D eigenvalue weighted by Gasteiger charge is 2.17. The molecule has 1 unspecified atom stereocenters. The number of nitrogens with one attached hydrogen (secondary N) is 1. The molecule has 0 saturated carbocycles. The van der Waals surface area contributed by atoms with Gasteiger partial charge in [0.1, 0.15) is 5.76 Å². The predicted molar refractivity (Wildman–Crippen MR) is 63.3 cm³/mol. The average molecular weight is 233 g/mol. The fourth-order valence-electron chi connectivity index (χ4n) is 1.73. The molecule has 0 aliphatic rings. The van der Waals surface area contributed by atoms with Crippen LogP contribution in [0.2, 0.25) is 0 Å². The van der Waals surface area contributed by atoms with Gasteiger partial charge in [0.25, 0.3) is 0 Å². The minimum atomic E-state index is -0.0928. The number of pyridine rings is 1. The van der Waals surface area contributed by atoms with Crippen molar-refractivity contribution < 1.29 is 9.15 Å². The fourth-order valence-corrected chi connectivity index (χ4v) is 1.73. The number of hydrazine groups is 1. The smallest absolute Gasteiger partial charge is 0.217 e. The minimum Gasteiger partial charge on any atom is -0.481 e. The van der Waals surface area contributed by atoms with Crippen LogP contribution in [0.5, 0.6) is 5.88 Å². The van der Waals surface area contributed by atoms with Gasteiger partial charge in [-0.1, -0.05) is 6.07 Å². The quantitative estimate of drug-likeness (QED) is 0.603. The monoisotopic (exact) mass is 233 g/mol. The van der Waals surface area contributed by atoms with Gasteiger partial charge in [0.05, 0.1) is 19.4 Å². The molecular formula is C12H15N3O2. The molecule has 2 aromatic heterocycles. The summed E-state index contributed by atoms with van der Waals surface area (Å²) in [4.78, 5) is 4.15. The molecule has 3 N–H and O–H groups in total. The van der Waals surface area contributed by atoms with E-state index < -0.39 is 0 Å². The van der Waals surface area contributed by atoms with E-state index in [9.17, 15) is 0 Å². The van der Waals surface area contributed by atoms with Gasteiger partial charge in [0.2, 0.25) is 5.88 Å². The molecule has 0 radical (unpaired) electrons. The standard InChI is InChI=1S/C12H15N3O2/c1-16-12-10(5-2-6-14-12)11(15-13)8-9-4-3-7-17-9/h2-7,11,15H,8,13H2,1H3. The molecule has 0 aromatic carbocycles. The summed E-state index contributed by atoms with van der Waals surface area (Å²) < 4.78 is 10.5. The Morgan fingerprint density at radius 3 is 3.00 bits per heavy atom. The first-order valence-electron chi connectivity index (χ1n) is 5.32. The van der Waals surface area contributed by atoms with Crippen molar-refractivity contribution >= 4 is 0 Å². The van der Waals surface area contributed by atoms with Crippen LogP contribution in [0.4, 0.5) is 0 Å². The molecule has 2 heterocycles. The first-order chi connectivity index (χ1) is 8.35. The van der Waals surface area contributed by atoms with E-state index in [1.165, 1.54) is 0 Å². The first-order valence-corrected chi connectivity index (χ1v) is 5.32. The van der Waals surface area contributed by atoms with Crippen molar-refractivity contribution in [2.75, 3.05) is 7.11 Å². The van der Waals surface area contributed by atoms with E-state index in [1.54, 1.807) is 19.6 Å². The highest BCUT2D eigenvalue weighted by atomic mass is 16.5. The Morgan fingerprint density at radius 2 is 2.35 bits per heavy atom. The SMILES string of the molecule is COc1ncccc1C(Cc1ccco1)NN. The van der Waals surface area contributed by atoms with Crippen molar-refractivity contribution in [2.24, 2.45) is 5.84 Å². The van der Waals surface area contributed by atoms with Crippen molar-refractivity contribution in [3.8, 4) is 5.88 Å². The van der Waals surface area contributed by atoms with Gasteiger partial charge >= 0.3 is 0 Å². The third-order valence-electron chi connectivity index (χ3n) is 2.56. The van der Waals surface area contributed by atoms with Crippen molar-refractivity contribution in [3.05, 3.63) is 48.0 Å². The second-order valence-corrected chi connectivity index (χ2v) is 3.60. The molecular weight excluding hydrogens is 218 g/mol. The molecule has 90 valence electrons. The van der Waals surface area contributed by atoms with Crippen LogP contribution in [0.15, 0.2) is 41.1 Å². The number of furan rings is 1. The summed E-state index contributed by atoms with van der Waals surface area (Å²) >= 11 is 0. The number of rotatable bonds is 5. The summed E-state index contributed by atoms with van der Waals surface area (Å²) in [5.41, 5.74) is 3.66. The minimum absolute atomic E-state index is 0.0928. The Labute approximate surface area is 99.6 Å². The van der Waals surface area contributed by atoms with Gasteiger partial charge in [-0.3, -0.25) is 11.3 Å². The average Bonchev–Trinajstić information content (AvgIpc) is 2.89. The van der Waals surface area contributed by atoms with E-state index in [0.717, 1.165) is 11.3 Å². The highest BCUT2D eigenvalue weighted by Crippen LogP contribution is 2.24. The van der Waals surface area contributed by atoms with E-state index in [-0.39, 0.29) is 6.04 Å². The number of nitrogens with two attached hydrogens (primary N) is 1. The molecule has 5 nitrogen and oxygen atoms in total. The maximum Gasteiger partial charge on any atom is 0.217 e. The predicted octanol–water partition coefficient (Wildman–Crippen LogP) is 1.43. The summed E-state index contributed by atoms with van der Waals surface area (Å²) in [7, 11) is 1.59. The summed E-state index contributed by atoms with van der Waals surface area (Å²) in [5, 5.41) is 0. The topological polar surface area (TPSA) is 73.3 Å². The third kappa shape index (κ3) is 2.64. The van der Waals surface area contributed by atoms with Crippen LogP contribution in [0, 0.1) is 0 Å². The van der Waals surface area contributed by atoms with Crippen molar-refractivity contribution in [1.82, 2.24) is 10.4 Å².